The summed E-state index contributed by atoms with van der Waals surface area (Å²) in [6.07, 6.45) is 5.83. The molecule has 10 heavy (non-hydrogen) atoms. The van der Waals surface area contributed by atoms with Gasteiger partial charge >= 0.3 is 0 Å². The van der Waals surface area contributed by atoms with E-state index >= 15 is 0 Å². The highest BCUT2D eigenvalue weighted by Crippen LogP contribution is 2.39. The van der Waals surface area contributed by atoms with Crippen molar-refractivity contribution in [3.63, 3.8) is 0 Å². The first-order chi connectivity index (χ1) is 4.87. The molecule has 2 rings (SSSR count). The van der Waals surface area contributed by atoms with E-state index in [2.05, 4.69) is 27.5 Å². The maximum Gasteiger partial charge on any atom is 0.0299 e. The Bertz CT molecular complexity index is 125. The lowest BCUT2D eigenvalue weighted by Gasteiger charge is -2.29. The van der Waals surface area contributed by atoms with E-state index in [0.717, 1.165) is 0 Å². The molecule has 0 aromatic carbocycles. The normalized spacial score (nSPS) is 30.9. The Morgan fingerprint density at radius 1 is 1.20 bits per heavy atom. The lowest BCUT2D eigenvalue weighted by Crippen LogP contribution is -2.39. The molecule has 2 aliphatic rings. The highest BCUT2D eigenvalue weighted by atomic mass is 127. The predicted octanol–water partition coefficient (Wildman–Crippen LogP) is 2.05. The number of hydrogen-bond acceptors (Lipinski definition) is 1. The molecule has 2 fully saturated rings. The molecule has 0 saturated carbocycles. The first-order valence-corrected chi connectivity index (χ1v) is 5.71. The number of alkyl halides is 1. The third-order valence-electron chi connectivity index (χ3n) is 3.06. The van der Waals surface area contributed by atoms with Gasteiger partial charge in [0.05, 0.1) is 0 Å². The SMILES string of the molecule is ICC12CCCN1CCC2. The van der Waals surface area contributed by atoms with Gasteiger partial charge < -0.3 is 0 Å². The maximum absolute atomic E-state index is 2.71. The van der Waals surface area contributed by atoms with Gasteiger partial charge in [-0.1, -0.05) is 22.6 Å². The molecule has 0 atom stereocenters. The average Bonchev–Trinajstić information content (AvgIpc) is 2.42. The molecule has 0 aromatic heterocycles. The summed E-state index contributed by atoms with van der Waals surface area (Å²) in [7, 11) is 0. The van der Waals surface area contributed by atoms with Gasteiger partial charge in [-0.3, -0.25) is 4.90 Å². The van der Waals surface area contributed by atoms with Gasteiger partial charge in [0.1, 0.15) is 0 Å². The molecule has 0 aliphatic carbocycles. The Balaban J connectivity index is 2.15. The van der Waals surface area contributed by atoms with Gasteiger partial charge in [0, 0.05) is 9.97 Å². The molecule has 0 amide bonds. The van der Waals surface area contributed by atoms with Crippen molar-refractivity contribution in [3.8, 4) is 0 Å². The molecular formula is C8H14IN. The van der Waals surface area contributed by atoms with E-state index in [4.69, 9.17) is 0 Å². The Morgan fingerprint density at radius 2 is 1.80 bits per heavy atom. The summed E-state index contributed by atoms with van der Waals surface area (Å²) in [6.45, 7) is 2.76. The minimum atomic E-state index is 0.667. The molecular weight excluding hydrogens is 237 g/mol. The van der Waals surface area contributed by atoms with E-state index in [0.29, 0.717) is 5.54 Å². The smallest absolute Gasteiger partial charge is 0.0299 e. The zero-order chi connectivity index (χ0) is 7.03. The van der Waals surface area contributed by atoms with E-state index in [-0.39, 0.29) is 0 Å². The largest absolute Gasteiger partial charge is 0.297 e. The third-order valence-corrected chi connectivity index (χ3v) is 4.48. The van der Waals surface area contributed by atoms with Crippen LogP contribution in [0, 0.1) is 0 Å². The number of halogens is 1. The summed E-state index contributed by atoms with van der Waals surface area (Å²) in [6, 6.07) is 0. The summed E-state index contributed by atoms with van der Waals surface area (Å²) >= 11 is 2.56. The first kappa shape index (κ1) is 7.35. The van der Waals surface area contributed by atoms with Gasteiger partial charge in [-0.15, -0.1) is 0 Å². The van der Waals surface area contributed by atoms with Crippen molar-refractivity contribution < 1.29 is 0 Å². The number of fused-ring (bicyclic) bond motifs is 1. The molecule has 0 N–H and O–H groups in total. The van der Waals surface area contributed by atoms with E-state index in [9.17, 15) is 0 Å². The van der Waals surface area contributed by atoms with Crippen LogP contribution in [-0.2, 0) is 0 Å². The summed E-state index contributed by atoms with van der Waals surface area (Å²) in [5.41, 5.74) is 0.667. The zero-order valence-corrected chi connectivity index (χ0v) is 8.43. The standard InChI is InChI=1S/C8H14IN/c9-7-8-3-1-5-10(8)6-2-4-8/h1-7H2. The van der Waals surface area contributed by atoms with E-state index < -0.39 is 0 Å². The third kappa shape index (κ3) is 0.916. The predicted molar refractivity (Wildman–Crippen MR) is 51.7 cm³/mol. The average molecular weight is 251 g/mol. The van der Waals surface area contributed by atoms with E-state index in [1.807, 2.05) is 0 Å². The number of hydrogen-bond donors (Lipinski definition) is 0. The van der Waals surface area contributed by atoms with Crippen LogP contribution in [-0.4, -0.2) is 28.0 Å². The number of rotatable bonds is 1. The van der Waals surface area contributed by atoms with E-state index in [1.165, 1.54) is 43.2 Å². The van der Waals surface area contributed by atoms with Crippen molar-refractivity contribution in [2.24, 2.45) is 0 Å². The minimum Gasteiger partial charge on any atom is -0.297 e. The van der Waals surface area contributed by atoms with Crippen molar-refractivity contribution in [1.29, 1.82) is 0 Å². The molecule has 1 nitrogen and oxygen atoms in total. The van der Waals surface area contributed by atoms with Gasteiger partial charge in [0.25, 0.3) is 0 Å². The topological polar surface area (TPSA) is 3.24 Å². The summed E-state index contributed by atoms with van der Waals surface area (Å²) in [4.78, 5) is 2.71. The molecule has 2 heterocycles. The van der Waals surface area contributed by atoms with Crippen molar-refractivity contribution in [3.05, 3.63) is 0 Å². The molecule has 2 heteroatoms. The maximum atomic E-state index is 2.71. The quantitative estimate of drug-likeness (QED) is 0.509. The summed E-state index contributed by atoms with van der Waals surface area (Å²) in [5.74, 6) is 0. The van der Waals surface area contributed by atoms with E-state index in [1.54, 1.807) is 0 Å². The Morgan fingerprint density at radius 3 is 2.20 bits per heavy atom. The van der Waals surface area contributed by atoms with Crippen molar-refractivity contribution >= 4 is 22.6 Å². The molecule has 0 unspecified atom stereocenters. The Labute approximate surface area is 76.3 Å². The van der Waals surface area contributed by atoms with Crippen LogP contribution in [0.3, 0.4) is 0 Å². The van der Waals surface area contributed by atoms with Crippen molar-refractivity contribution in [1.82, 2.24) is 4.90 Å². The van der Waals surface area contributed by atoms with Gasteiger partial charge in [-0.05, 0) is 38.8 Å². The summed E-state index contributed by atoms with van der Waals surface area (Å²) < 4.78 is 1.35. The molecule has 0 spiro atoms. The molecule has 0 radical (unpaired) electrons. The van der Waals surface area contributed by atoms with Crippen LogP contribution < -0.4 is 0 Å². The molecule has 2 saturated heterocycles. The van der Waals surface area contributed by atoms with Crippen LogP contribution in [0.5, 0.6) is 0 Å². The fourth-order valence-corrected chi connectivity index (χ4v) is 3.69. The van der Waals surface area contributed by atoms with Crippen LogP contribution >= 0.6 is 22.6 Å². The lowest BCUT2D eigenvalue weighted by atomic mass is 9.97. The lowest BCUT2D eigenvalue weighted by molar-refractivity contribution is 0.227. The molecule has 2 aliphatic heterocycles. The fourth-order valence-electron chi connectivity index (χ4n) is 2.44. The fraction of sp³-hybridized carbons (Fsp3) is 1.00. The molecule has 58 valence electrons. The van der Waals surface area contributed by atoms with Crippen LogP contribution in [0.15, 0.2) is 0 Å². The van der Waals surface area contributed by atoms with Crippen LogP contribution in [0.1, 0.15) is 25.7 Å². The van der Waals surface area contributed by atoms with Crippen LogP contribution in [0.25, 0.3) is 0 Å². The Kier molecular flexibility index (Phi) is 1.93. The molecule has 0 bridgehead atoms. The van der Waals surface area contributed by atoms with Gasteiger partial charge in [0.15, 0.2) is 0 Å². The molecule has 0 aromatic rings. The van der Waals surface area contributed by atoms with Crippen molar-refractivity contribution in [2.75, 3.05) is 17.5 Å². The second-order valence-electron chi connectivity index (χ2n) is 3.55. The number of nitrogens with zero attached hydrogens (tertiary/aromatic N) is 1. The second-order valence-corrected chi connectivity index (χ2v) is 4.31. The highest BCUT2D eigenvalue weighted by Gasteiger charge is 2.42. The summed E-state index contributed by atoms with van der Waals surface area (Å²) in [5, 5.41) is 0. The van der Waals surface area contributed by atoms with Gasteiger partial charge in [-0.2, -0.15) is 0 Å². The van der Waals surface area contributed by atoms with Crippen LogP contribution in [0.2, 0.25) is 0 Å². The minimum absolute atomic E-state index is 0.667. The monoisotopic (exact) mass is 251 g/mol. The zero-order valence-electron chi connectivity index (χ0n) is 6.27. The van der Waals surface area contributed by atoms with Crippen molar-refractivity contribution in [2.45, 2.75) is 31.2 Å². The second kappa shape index (κ2) is 2.63. The first-order valence-electron chi connectivity index (χ1n) is 4.18. The van der Waals surface area contributed by atoms with Crippen LogP contribution in [0.4, 0.5) is 0 Å². The Hall–Kier alpha value is 0.690. The van der Waals surface area contributed by atoms with Gasteiger partial charge in [0.2, 0.25) is 0 Å². The van der Waals surface area contributed by atoms with Gasteiger partial charge in [-0.25, -0.2) is 0 Å². The highest BCUT2D eigenvalue weighted by molar-refractivity contribution is 14.1.